The van der Waals surface area contributed by atoms with Gasteiger partial charge in [0, 0.05) is 22.3 Å². The number of hydrogen-bond donors (Lipinski definition) is 0. The van der Waals surface area contributed by atoms with E-state index in [-0.39, 0.29) is 0 Å². The van der Waals surface area contributed by atoms with E-state index in [0.29, 0.717) is 28.8 Å². The van der Waals surface area contributed by atoms with Crippen LogP contribution in [0.25, 0.3) is 66.8 Å². The molecule has 280 valence electrons. The molecule has 0 saturated heterocycles. The molecule has 5 heteroatoms. The molecule has 0 radical (unpaired) electrons. The maximum absolute atomic E-state index is 9.34. The van der Waals surface area contributed by atoms with Gasteiger partial charge in [0.1, 0.15) is 11.5 Å². The van der Waals surface area contributed by atoms with Crippen LogP contribution in [0.15, 0.2) is 206 Å². The van der Waals surface area contributed by atoms with E-state index in [1.54, 1.807) is 0 Å². The number of para-hydroxylation sites is 2. The highest BCUT2D eigenvalue weighted by Crippen LogP contribution is 2.57. The molecule has 0 aliphatic carbocycles. The monoisotopic (exact) mass is 766 g/mol. The first-order valence-electron chi connectivity index (χ1n) is 20.0. The lowest BCUT2D eigenvalue weighted by Crippen LogP contribution is -2.34. The number of aromatic nitrogens is 3. The average molecular weight is 767 g/mol. The molecular formula is C55H34N4O. The van der Waals surface area contributed by atoms with E-state index >= 15 is 0 Å². The second-order valence-electron chi connectivity index (χ2n) is 15.0. The van der Waals surface area contributed by atoms with E-state index in [1.807, 2.05) is 30.3 Å². The van der Waals surface area contributed by atoms with Crippen molar-refractivity contribution in [1.29, 1.82) is 5.26 Å². The van der Waals surface area contributed by atoms with Crippen LogP contribution in [0.2, 0.25) is 0 Å². The maximum Gasteiger partial charge on any atom is 0.167 e. The summed E-state index contributed by atoms with van der Waals surface area (Å²) in [5, 5.41) is 13.8. The topological polar surface area (TPSA) is 71.7 Å². The van der Waals surface area contributed by atoms with Crippen LogP contribution in [-0.4, -0.2) is 15.0 Å². The van der Waals surface area contributed by atoms with E-state index in [2.05, 4.69) is 182 Å². The minimum atomic E-state index is -0.697. The molecule has 60 heavy (non-hydrogen) atoms. The molecule has 0 bridgehead atoms. The third-order valence-electron chi connectivity index (χ3n) is 11.7. The molecule has 11 rings (SSSR count). The molecule has 2 heterocycles. The van der Waals surface area contributed by atoms with Crippen LogP contribution in [0.3, 0.4) is 0 Å². The number of ether oxygens (including phenoxy) is 1. The van der Waals surface area contributed by atoms with Gasteiger partial charge >= 0.3 is 0 Å². The third kappa shape index (κ3) is 5.66. The summed E-state index contributed by atoms with van der Waals surface area (Å²) in [7, 11) is 0. The lowest BCUT2D eigenvalue weighted by Gasteiger charge is -2.42. The molecule has 0 N–H and O–H groups in total. The zero-order valence-corrected chi connectivity index (χ0v) is 32.3. The Labute approximate surface area is 347 Å². The van der Waals surface area contributed by atoms with Crippen molar-refractivity contribution in [3.8, 4) is 62.9 Å². The molecule has 0 saturated carbocycles. The van der Waals surface area contributed by atoms with Crippen LogP contribution < -0.4 is 4.74 Å². The fraction of sp³-hybridized carbons (Fsp3) is 0.0182. The largest absolute Gasteiger partial charge is 0.456 e. The van der Waals surface area contributed by atoms with Gasteiger partial charge in [0.15, 0.2) is 17.5 Å². The van der Waals surface area contributed by atoms with Crippen LogP contribution >= 0.6 is 0 Å². The normalized spacial score (nSPS) is 12.6. The number of hydrogen-bond acceptors (Lipinski definition) is 5. The van der Waals surface area contributed by atoms with Gasteiger partial charge in [-0.25, -0.2) is 15.0 Å². The van der Waals surface area contributed by atoms with Gasteiger partial charge in [-0.05, 0) is 74.1 Å². The summed E-state index contributed by atoms with van der Waals surface area (Å²) in [6, 6.07) is 73.2. The molecule has 1 aliphatic heterocycles. The Kier molecular flexibility index (Phi) is 8.35. The Morgan fingerprint density at radius 1 is 0.417 bits per heavy atom. The van der Waals surface area contributed by atoms with Crippen LogP contribution in [0.1, 0.15) is 27.8 Å². The quantitative estimate of drug-likeness (QED) is 0.158. The highest BCUT2D eigenvalue weighted by atomic mass is 16.5. The molecule has 1 aliphatic rings. The molecule has 0 atom stereocenters. The molecule has 9 aromatic carbocycles. The van der Waals surface area contributed by atoms with E-state index in [1.165, 1.54) is 5.39 Å². The fourth-order valence-corrected chi connectivity index (χ4v) is 8.94. The fourth-order valence-electron chi connectivity index (χ4n) is 8.94. The number of benzene rings is 9. The van der Waals surface area contributed by atoms with Crippen molar-refractivity contribution >= 4 is 21.5 Å². The molecule has 0 spiro atoms. The summed E-state index contributed by atoms with van der Waals surface area (Å²) in [5.41, 5.74) is 8.84. The highest BCUT2D eigenvalue weighted by Gasteiger charge is 2.46. The molecule has 0 fully saturated rings. The van der Waals surface area contributed by atoms with Crippen molar-refractivity contribution < 1.29 is 4.74 Å². The Morgan fingerprint density at radius 3 is 1.65 bits per heavy atom. The lowest BCUT2D eigenvalue weighted by molar-refractivity contribution is 0.436. The average Bonchev–Trinajstić information content (AvgIpc) is 3.33. The Morgan fingerprint density at radius 2 is 0.950 bits per heavy atom. The molecule has 0 amide bonds. The van der Waals surface area contributed by atoms with Gasteiger partial charge in [0.2, 0.25) is 0 Å². The summed E-state index contributed by atoms with van der Waals surface area (Å²) in [6.07, 6.45) is 0. The molecule has 5 nitrogen and oxygen atoms in total. The highest BCUT2D eigenvalue weighted by molar-refractivity contribution is 6.13. The number of fused-ring (bicyclic) bond motifs is 5. The first-order valence-corrected chi connectivity index (χ1v) is 20.0. The zero-order chi connectivity index (χ0) is 40.0. The third-order valence-corrected chi connectivity index (χ3v) is 11.7. The zero-order valence-electron chi connectivity index (χ0n) is 32.3. The van der Waals surface area contributed by atoms with Crippen molar-refractivity contribution in [2.24, 2.45) is 0 Å². The second kappa shape index (κ2) is 14.3. The van der Waals surface area contributed by atoms with Crippen molar-refractivity contribution in [2.45, 2.75) is 5.41 Å². The van der Waals surface area contributed by atoms with E-state index < -0.39 is 5.41 Å². The summed E-state index contributed by atoms with van der Waals surface area (Å²) in [6.45, 7) is 0. The van der Waals surface area contributed by atoms with Crippen LogP contribution in [0.5, 0.6) is 11.5 Å². The standard InChI is InChI=1S/C55H34N4O/c56-35-36-26-28-37(29-27-36)38-30-32-39(33-31-38)52-57-53(59-54(58-52)47-34-40-14-7-8-19-43(40)44-20-9-10-21-45(44)47)46-22-13-24-49-51(46)60-50-25-12-11-23-48(50)55(49,41-15-3-1-4-16-41)42-17-5-2-6-18-42/h1-34H. The van der Waals surface area contributed by atoms with Crippen molar-refractivity contribution in [1.82, 2.24) is 15.0 Å². The number of rotatable bonds is 6. The van der Waals surface area contributed by atoms with E-state index in [9.17, 15) is 5.26 Å². The molecule has 0 unspecified atom stereocenters. The van der Waals surface area contributed by atoms with Gasteiger partial charge in [-0.3, -0.25) is 0 Å². The van der Waals surface area contributed by atoms with Crippen LogP contribution in [0.4, 0.5) is 0 Å². The van der Waals surface area contributed by atoms with Gasteiger partial charge in [-0.2, -0.15) is 5.26 Å². The Balaban J connectivity index is 1.17. The van der Waals surface area contributed by atoms with Gasteiger partial charge < -0.3 is 4.74 Å². The van der Waals surface area contributed by atoms with Gasteiger partial charge in [-0.15, -0.1) is 0 Å². The summed E-state index contributed by atoms with van der Waals surface area (Å²) in [5.74, 6) is 3.10. The van der Waals surface area contributed by atoms with E-state index in [0.717, 1.165) is 72.0 Å². The smallest absolute Gasteiger partial charge is 0.167 e. The molecule has 1 aromatic heterocycles. The van der Waals surface area contributed by atoms with Gasteiger partial charge in [0.05, 0.1) is 22.6 Å². The van der Waals surface area contributed by atoms with Gasteiger partial charge in [0.25, 0.3) is 0 Å². The van der Waals surface area contributed by atoms with Crippen molar-refractivity contribution in [3.05, 3.63) is 234 Å². The predicted molar refractivity (Wildman–Crippen MR) is 240 cm³/mol. The summed E-state index contributed by atoms with van der Waals surface area (Å²) >= 11 is 0. The second-order valence-corrected chi connectivity index (χ2v) is 15.0. The van der Waals surface area contributed by atoms with Crippen molar-refractivity contribution in [2.75, 3.05) is 0 Å². The maximum atomic E-state index is 9.34. The lowest BCUT2D eigenvalue weighted by atomic mass is 9.63. The summed E-state index contributed by atoms with van der Waals surface area (Å²) < 4.78 is 7.04. The van der Waals surface area contributed by atoms with Gasteiger partial charge in [-0.1, -0.05) is 176 Å². The summed E-state index contributed by atoms with van der Waals surface area (Å²) in [4.78, 5) is 15.9. The van der Waals surface area contributed by atoms with Crippen molar-refractivity contribution in [3.63, 3.8) is 0 Å². The molecule has 10 aromatic rings. The SMILES string of the molecule is N#Cc1ccc(-c2ccc(-c3nc(-c4cccc5c4Oc4ccccc4C5(c4ccccc4)c4ccccc4)nc(-c4cc5ccccc5c5ccccc45)n3)cc2)cc1. The predicted octanol–water partition coefficient (Wildman–Crippen LogP) is 13.2. The minimum absolute atomic E-state index is 0.509. The van der Waals surface area contributed by atoms with Crippen LogP contribution in [0, 0.1) is 11.3 Å². The number of nitrogens with zero attached hydrogens (tertiary/aromatic N) is 4. The van der Waals surface area contributed by atoms with Crippen LogP contribution in [-0.2, 0) is 5.41 Å². The first-order chi connectivity index (χ1) is 29.7. The Bertz CT molecular complexity index is 3240. The van der Waals surface area contributed by atoms with E-state index in [4.69, 9.17) is 19.7 Å². The molecular weight excluding hydrogens is 733 g/mol. The number of nitriles is 1. The Hall–Kier alpha value is -8.20. The minimum Gasteiger partial charge on any atom is -0.456 e. The first kappa shape index (κ1) is 35.0.